The van der Waals surface area contributed by atoms with E-state index in [2.05, 4.69) is 290 Å². The van der Waals surface area contributed by atoms with Gasteiger partial charge in [-0.3, -0.25) is 0 Å². The van der Waals surface area contributed by atoms with Crippen LogP contribution in [0.2, 0.25) is 0 Å². The molecule has 8 aromatic carbocycles. The van der Waals surface area contributed by atoms with Crippen LogP contribution in [-0.4, -0.2) is 9.55 Å². The Hall–Kier alpha value is -7.20. The molecule has 1 aliphatic heterocycles. The van der Waals surface area contributed by atoms with E-state index >= 15 is 0 Å². The third-order valence-electron chi connectivity index (χ3n) is 15.0. The van der Waals surface area contributed by atoms with Crippen LogP contribution < -0.4 is 14.5 Å². The zero-order valence-electron chi connectivity index (χ0n) is 44.1. The summed E-state index contributed by atoms with van der Waals surface area (Å²) in [4.78, 5) is 9.62. The molecule has 3 heterocycles. The first-order valence-electron chi connectivity index (χ1n) is 25.5. The van der Waals surface area contributed by atoms with Gasteiger partial charge in [-0.2, -0.15) is 0 Å². The number of rotatable bonds is 10. The van der Waals surface area contributed by atoms with Gasteiger partial charge in [0.15, 0.2) is 0 Å². The van der Waals surface area contributed by atoms with E-state index in [-0.39, 0.29) is 37.3 Å². The molecule has 0 spiro atoms. The van der Waals surface area contributed by atoms with Gasteiger partial charge >= 0.3 is 0 Å². The fraction of sp³-hybridized carbons (Fsp3) is 0.206. The molecule has 0 bridgehead atoms. The normalized spacial score (nSPS) is 13.1. The molecule has 74 heavy (non-hydrogen) atoms. The van der Waals surface area contributed by atoms with Crippen molar-refractivity contribution in [2.24, 2.45) is 0 Å². The Balaban J connectivity index is 0.00000626. The molecule has 0 aliphatic carbocycles. The van der Waals surface area contributed by atoms with Gasteiger partial charge in [-0.15, -0.1) is 53.8 Å². The van der Waals surface area contributed by atoms with E-state index < -0.39 is 5.41 Å². The molecular formula is C68H63N4OPt-3. The van der Waals surface area contributed by atoms with E-state index in [1.165, 1.54) is 27.8 Å². The Morgan fingerprint density at radius 2 is 1.05 bits per heavy atom. The van der Waals surface area contributed by atoms with Gasteiger partial charge in [0, 0.05) is 66.8 Å². The Morgan fingerprint density at radius 1 is 0.473 bits per heavy atom. The van der Waals surface area contributed by atoms with Crippen LogP contribution in [0.1, 0.15) is 103 Å². The summed E-state index contributed by atoms with van der Waals surface area (Å²) in [5.74, 6) is 2.06. The number of pyridine rings is 1. The Bertz CT molecular complexity index is 3660. The van der Waals surface area contributed by atoms with Crippen LogP contribution in [0.25, 0.3) is 38.8 Å². The predicted molar refractivity (Wildman–Crippen MR) is 304 cm³/mol. The van der Waals surface area contributed by atoms with Crippen molar-refractivity contribution < 1.29 is 25.8 Å². The minimum atomic E-state index is -0.420. The van der Waals surface area contributed by atoms with Crippen molar-refractivity contribution in [3.63, 3.8) is 0 Å². The number of hydrogen-bond acceptors (Lipinski definition) is 4. The van der Waals surface area contributed by atoms with Crippen molar-refractivity contribution in [3.8, 4) is 28.4 Å². The van der Waals surface area contributed by atoms with E-state index in [0.29, 0.717) is 11.5 Å². The van der Waals surface area contributed by atoms with Crippen LogP contribution in [0.3, 0.4) is 0 Å². The number of ether oxygens (including phenoxy) is 1. The van der Waals surface area contributed by atoms with E-state index in [0.717, 1.165) is 67.1 Å². The van der Waals surface area contributed by atoms with Crippen LogP contribution in [0.15, 0.2) is 194 Å². The maximum absolute atomic E-state index is 7.22. The standard InChI is InChI=1S/C68H63N4O.Pt/c1-65(2,3)50-34-35-69-63(41-50)72-59-31-21-20-30-57(59)64-58(68(9,10)49-28-18-13-19-29-49)43-56(44-62(64)72)73-55-40-51(66(4,5)6)38-54(42-55)71-45-70(60-32-22-23-33-61(60)71)53-37-47(46-24-14-11-15-25-46)36-52(39-53)67(7,8)48-26-16-12-17-27-48;/h11-41,43,45H,1-10H3;/q-3;. The van der Waals surface area contributed by atoms with Gasteiger partial charge in [0.2, 0.25) is 0 Å². The Kier molecular flexibility index (Phi) is 13.1. The molecule has 10 aromatic rings. The summed E-state index contributed by atoms with van der Waals surface area (Å²) < 4.78 is 9.49. The molecule has 0 radical (unpaired) electrons. The van der Waals surface area contributed by atoms with Crippen LogP contribution in [0.5, 0.6) is 11.5 Å². The summed E-state index contributed by atoms with van der Waals surface area (Å²) in [7, 11) is 0. The second kappa shape index (κ2) is 19.3. The first-order valence-corrected chi connectivity index (χ1v) is 25.5. The summed E-state index contributed by atoms with van der Waals surface area (Å²) >= 11 is 0. The third kappa shape index (κ3) is 9.26. The van der Waals surface area contributed by atoms with Crippen molar-refractivity contribution in [2.45, 2.75) is 90.9 Å². The molecule has 0 saturated heterocycles. The molecule has 2 aromatic heterocycles. The average Bonchev–Trinajstić information content (AvgIpc) is 3.95. The zero-order valence-corrected chi connectivity index (χ0v) is 46.3. The predicted octanol–water partition coefficient (Wildman–Crippen LogP) is 17.9. The molecule has 1 aliphatic rings. The third-order valence-corrected chi connectivity index (χ3v) is 15.0. The number of fused-ring (bicyclic) bond motifs is 4. The molecule has 6 heteroatoms. The van der Waals surface area contributed by atoms with E-state index in [9.17, 15) is 0 Å². The molecular weight excluding hydrogens is 1080 g/mol. The number of para-hydroxylation sites is 3. The molecule has 0 amide bonds. The fourth-order valence-electron chi connectivity index (χ4n) is 10.5. The van der Waals surface area contributed by atoms with Crippen molar-refractivity contribution >= 4 is 44.6 Å². The van der Waals surface area contributed by atoms with Crippen molar-refractivity contribution in [2.75, 3.05) is 9.80 Å². The molecule has 0 unspecified atom stereocenters. The molecule has 11 rings (SSSR count). The van der Waals surface area contributed by atoms with Crippen molar-refractivity contribution in [3.05, 3.63) is 246 Å². The summed E-state index contributed by atoms with van der Waals surface area (Å²) in [6, 6.07) is 75.2. The second-order valence-electron chi connectivity index (χ2n) is 22.7. The second-order valence-corrected chi connectivity index (χ2v) is 22.7. The minimum Gasteiger partial charge on any atom is -0.509 e. The van der Waals surface area contributed by atoms with Gasteiger partial charge in [0.1, 0.15) is 5.82 Å². The van der Waals surface area contributed by atoms with Crippen LogP contribution in [0, 0.1) is 18.8 Å². The average molecular weight is 1150 g/mol. The van der Waals surface area contributed by atoms with E-state index in [4.69, 9.17) is 9.72 Å². The number of anilines is 4. The first kappa shape index (κ1) is 50.3. The van der Waals surface area contributed by atoms with Crippen LogP contribution >= 0.6 is 0 Å². The Morgan fingerprint density at radius 3 is 1.72 bits per heavy atom. The monoisotopic (exact) mass is 1150 g/mol. The molecule has 0 saturated carbocycles. The summed E-state index contributed by atoms with van der Waals surface area (Å²) in [5, 5.41) is 2.27. The Labute approximate surface area is 452 Å². The van der Waals surface area contributed by atoms with E-state index in [1.54, 1.807) is 0 Å². The van der Waals surface area contributed by atoms with Gasteiger partial charge in [0.05, 0.1) is 0 Å². The zero-order chi connectivity index (χ0) is 50.9. The van der Waals surface area contributed by atoms with E-state index in [1.807, 2.05) is 6.20 Å². The topological polar surface area (TPSA) is 33.5 Å². The maximum atomic E-state index is 7.22. The number of aromatic nitrogens is 2. The quantitative estimate of drug-likeness (QED) is 0.128. The van der Waals surface area contributed by atoms with Gasteiger partial charge in [-0.1, -0.05) is 208 Å². The number of benzene rings is 8. The minimum absolute atomic E-state index is 0. The smallest absolute Gasteiger partial charge is 0.135 e. The maximum Gasteiger partial charge on any atom is 0.135 e. The van der Waals surface area contributed by atoms with Gasteiger partial charge in [-0.05, 0) is 97.5 Å². The summed E-state index contributed by atoms with van der Waals surface area (Å²) in [6.45, 7) is 25.0. The summed E-state index contributed by atoms with van der Waals surface area (Å²) in [6.07, 6.45) is 1.93. The summed E-state index contributed by atoms with van der Waals surface area (Å²) in [5.41, 5.74) is 14.6. The SMILES string of the molecule is CC(C)(C)c1cc(Oc2[c-]c3c(c(C(C)(C)c4ccccc4)c2)c2ccccc2n3-c2cc(C(C)(C)C)ccn2)[c-]c(N2[CH-]N(c3cc(-c4ccccc4)cc(C(C)(C)c4ccccc4)c3)c3ccccc32)c1.[Pt]. The molecule has 5 nitrogen and oxygen atoms in total. The molecule has 0 N–H and O–H groups in total. The largest absolute Gasteiger partial charge is 0.509 e. The van der Waals surface area contributed by atoms with Gasteiger partial charge in [-0.25, -0.2) is 4.98 Å². The number of hydrogen-bond donors (Lipinski definition) is 0. The van der Waals surface area contributed by atoms with Crippen LogP contribution in [-0.2, 0) is 42.7 Å². The molecule has 0 fully saturated rings. The molecule has 0 atom stereocenters. The van der Waals surface area contributed by atoms with Gasteiger partial charge < -0.3 is 19.1 Å². The first-order chi connectivity index (χ1) is 34.9. The molecule has 374 valence electrons. The van der Waals surface area contributed by atoms with Crippen LogP contribution in [0.4, 0.5) is 22.7 Å². The van der Waals surface area contributed by atoms with Crippen molar-refractivity contribution in [1.82, 2.24) is 9.55 Å². The van der Waals surface area contributed by atoms with Gasteiger partial charge in [0.25, 0.3) is 0 Å². The number of nitrogens with zero attached hydrogens (tertiary/aromatic N) is 4. The van der Waals surface area contributed by atoms with Crippen molar-refractivity contribution in [1.29, 1.82) is 0 Å². The fourth-order valence-corrected chi connectivity index (χ4v) is 10.5.